The maximum Gasteiger partial charge on any atom is 0.435 e. The van der Waals surface area contributed by atoms with Crippen molar-refractivity contribution in [2.24, 2.45) is 0 Å². The quantitative estimate of drug-likeness (QED) is 0.601. The first kappa shape index (κ1) is 20.1. The number of fused-ring (bicyclic) bond motifs is 1. The van der Waals surface area contributed by atoms with Crippen molar-refractivity contribution < 1.29 is 23.0 Å². The molecule has 0 saturated heterocycles. The number of hydrogen-bond acceptors (Lipinski definition) is 5. The Kier molecular flexibility index (Phi) is 5.85. The zero-order chi connectivity index (χ0) is 20.3. The summed E-state index contributed by atoms with van der Waals surface area (Å²) >= 11 is 0. The average Bonchev–Trinajstić information content (AvgIpc) is 3.02. The number of anilines is 1. The Balaban J connectivity index is 2.09. The normalized spacial score (nSPS) is 11.9. The van der Waals surface area contributed by atoms with E-state index < -0.39 is 11.9 Å². The minimum absolute atomic E-state index is 0.0456. The number of rotatable bonds is 7. The highest BCUT2D eigenvalue weighted by Crippen LogP contribution is 2.39. The fourth-order valence-electron chi connectivity index (χ4n) is 2.87. The lowest BCUT2D eigenvalue weighted by atomic mass is 10.0. The Morgan fingerprint density at radius 1 is 1.14 bits per heavy atom. The predicted molar refractivity (Wildman–Crippen MR) is 99.3 cm³/mol. The second-order valence-corrected chi connectivity index (χ2v) is 6.37. The molecule has 0 atom stereocenters. The standard InChI is InChI=1S/C19H21F3N4O2/c1-12-3-5-14(6-4-12)16-17(19(20,21)22)25-26-15(11-13(2)24-18(16)26)23-7-9-28-10-8-27/h3-6,11,23,27H,7-10H2,1-2H3. The molecule has 1 aromatic carbocycles. The minimum atomic E-state index is -4.62. The van der Waals surface area contributed by atoms with Crippen LogP contribution in [0.4, 0.5) is 19.0 Å². The van der Waals surface area contributed by atoms with Crippen molar-refractivity contribution in [1.29, 1.82) is 0 Å². The molecular weight excluding hydrogens is 373 g/mol. The number of nitrogens with one attached hydrogen (secondary N) is 1. The van der Waals surface area contributed by atoms with Crippen molar-refractivity contribution in [2.45, 2.75) is 20.0 Å². The summed E-state index contributed by atoms with van der Waals surface area (Å²) in [4.78, 5) is 4.32. The van der Waals surface area contributed by atoms with Crippen LogP contribution in [0.1, 0.15) is 17.0 Å². The lowest BCUT2D eigenvalue weighted by Gasteiger charge is -2.10. The summed E-state index contributed by atoms with van der Waals surface area (Å²) in [5, 5.41) is 15.6. The number of hydrogen-bond donors (Lipinski definition) is 2. The Morgan fingerprint density at radius 2 is 1.86 bits per heavy atom. The van der Waals surface area contributed by atoms with Crippen LogP contribution >= 0.6 is 0 Å². The molecular formula is C19H21F3N4O2. The molecule has 0 bridgehead atoms. The van der Waals surface area contributed by atoms with Crippen molar-refractivity contribution >= 4 is 11.5 Å². The van der Waals surface area contributed by atoms with Gasteiger partial charge in [0.2, 0.25) is 0 Å². The number of ether oxygens (including phenoxy) is 1. The second kappa shape index (κ2) is 8.15. The molecule has 9 heteroatoms. The number of aromatic nitrogens is 3. The van der Waals surface area contributed by atoms with Crippen LogP contribution in [0.15, 0.2) is 30.3 Å². The van der Waals surface area contributed by atoms with Crippen LogP contribution in [0.3, 0.4) is 0 Å². The van der Waals surface area contributed by atoms with Gasteiger partial charge in [0.15, 0.2) is 11.3 Å². The topological polar surface area (TPSA) is 71.7 Å². The molecule has 0 amide bonds. The Labute approximate surface area is 160 Å². The van der Waals surface area contributed by atoms with Gasteiger partial charge in [0.05, 0.1) is 25.4 Å². The third kappa shape index (κ3) is 4.26. The fourth-order valence-corrected chi connectivity index (χ4v) is 2.87. The second-order valence-electron chi connectivity index (χ2n) is 6.37. The number of benzene rings is 1. The van der Waals surface area contributed by atoms with E-state index in [9.17, 15) is 13.2 Å². The van der Waals surface area contributed by atoms with E-state index in [-0.39, 0.29) is 24.4 Å². The van der Waals surface area contributed by atoms with E-state index >= 15 is 0 Å². The summed E-state index contributed by atoms with van der Waals surface area (Å²) in [5.41, 5.74) is 1.03. The van der Waals surface area contributed by atoms with Gasteiger partial charge >= 0.3 is 6.18 Å². The molecule has 0 saturated carbocycles. The molecule has 0 radical (unpaired) electrons. The number of alkyl halides is 3. The molecule has 0 unspecified atom stereocenters. The van der Waals surface area contributed by atoms with Gasteiger partial charge in [0.25, 0.3) is 0 Å². The fraction of sp³-hybridized carbons (Fsp3) is 0.368. The van der Waals surface area contributed by atoms with Crippen LogP contribution in [-0.2, 0) is 10.9 Å². The summed E-state index contributed by atoms with van der Waals surface area (Å²) in [5.74, 6) is 0.388. The molecule has 0 spiro atoms. The van der Waals surface area contributed by atoms with Gasteiger partial charge in [-0.2, -0.15) is 22.8 Å². The monoisotopic (exact) mass is 394 g/mol. The number of aryl methyl sites for hydroxylation is 2. The van der Waals surface area contributed by atoms with Gasteiger partial charge in [-0.25, -0.2) is 4.98 Å². The van der Waals surface area contributed by atoms with Crippen LogP contribution in [0.2, 0.25) is 0 Å². The van der Waals surface area contributed by atoms with Gasteiger partial charge in [-0.3, -0.25) is 0 Å². The first-order valence-corrected chi connectivity index (χ1v) is 8.78. The Hall–Kier alpha value is -2.65. The molecule has 28 heavy (non-hydrogen) atoms. The molecule has 2 N–H and O–H groups in total. The molecule has 0 aliphatic rings. The van der Waals surface area contributed by atoms with Gasteiger partial charge in [0, 0.05) is 18.3 Å². The highest BCUT2D eigenvalue weighted by Gasteiger charge is 2.39. The lowest BCUT2D eigenvalue weighted by molar-refractivity contribution is -0.140. The van der Waals surface area contributed by atoms with Crippen LogP contribution in [-0.4, -0.2) is 46.1 Å². The Morgan fingerprint density at radius 3 is 2.50 bits per heavy atom. The molecule has 3 aromatic rings. The number of aliphatic hydroxyl groups excluding tert-OH is 1. The van der Waals surface area contributed by atoms with Crippen molar-refractivity contribution in [1.82, 2.24) is 14.6 Å². The number of nitrogens with zero attached hydrogens (tertiary/aromatic N) is 3. The predicted octanol–water partition coefficient (Wildman–Crippen LogP) is 3.45. The van der Waals surface area contributed by atoms with E-state index in [2.05, 4.69) is 15.4 Å². The summed E-state index contributed by atoms with van der Waals surface area (Å²) in [7, 11) is 0. The molecule has 0 aliphatic carbocycles. The third-order valence-electron chi connectivity index (χ3n) is 4.11. The minimum Gasteiger partial charge on any atom is -0.394 e. The van der Waals surface area contributed by atoms with E-state index in [0.29, 0.717) is 30.2 Å². The maximum absolute atomic E-state index is 13.7. The summed E-state index contributed by atoms with van der Waals surface area (Å²) in [6.45, 7) is 4.33. The van der Waals surface area contributed by atoms with Crippen LogP contribution in [0, 0.1) is 13.8 Å². The van der Waals surface area contributed by atoms with Crippen molar-refractivity contribution in [3.63, 3.8) is 0 Å². The van der Waals surface area contributed by atoms with Gasteiger partial charge in [-0.15, -0.1) is 0 Å². The van der Waals surface area contributed by atoms with E-state index in [1.807, 2.05) is 6.92 Å². The van der Waals surface area contributed by atoms with Crippen LogP contribution in [0.5, 0.6) is 0 Å². The van der Waals surface area contributed by atoms with Crippen molar-refractivity contribution in [3.8, 4) is 11.1 Å². The molecule has 0 aliphatic heterocycles. The highest BCUT2D eigenvalue weighted by molar-refractivity contribution is 5.81. The maximum atomic E-state index is 13.7. The molecule has 2 aromatic heterocycles. The summed E-state index contributed by atoms with van der Waals surface area (Å²) in [6.07, 6.45) is -4.62. The molecule has 3 rings (SSSR count). The first-order valence-electron chi connectivity index (χ1n) is 8.78. The SMILES string of the molecule is Cc1ccc(-c2c(C(F)(F)F)nn3c(NCCOCCO)cc(C)nc23)cc1. The van der Waals surface area contributed by atoms with E-state index in [1.54, 1.807) is 37.3 Å². The van der Waals surface area contributed by atoms with Crippen molar-refractivity contribution in [2.75, 3.05) is 31.7 Å². The number of halogens is 3. The van der Waals surface area contributed by atoms with Crippen molar-refractivity contribution in [3.05, 3.63) is 47.3 Å². The zero-order valence-electron chi connectivity index (χ0n) is 15.5. The van der Waals surface area contributed by atoms with Gasteiger partial charge < -0.3 is 15.2 Å². The largest absolute Gasteiger partial charge is 0.435 e. The smallest absolute Gasteiger partial charge is 0.394 e. The van der Waals surface area contributed by atoms with Gasteiger partial charge in [-0.05, 0) is 19.4 Å². The van der Waals surface area contributed by atoms with E-state index in [0.717, 1.165) is 5.56 Å². The summed E-state index contributed by atoms with van der Waals surface area (Å²) in [6, 6.07) is 8.42. The van der Waals surface area contributed by atoms with Gasteiger partial charge in [0.1, 0.15) is 5.82 Å². The summed E-state index contributed by atoms with van der Waals surface area (Å²) < 4.78 is 47.5. The van der Waals surface area contributed by atoms with E-state index in [4.69, 9.17) is 9.84 Å². The van der Waals surface area contributed by atoms with Crippen LogP contribution < -0.4 is 5.32 Å². The zero-order valence-corrected chi connectivity index (χ0v) is 15.5. The molecule has 0 fully saturated rings. The first-order chi connectivity index (χ1) is 13.3. The van der Waals surface area contributed by atoms with Crippen LogP contribution in [0.25, 0.3) is 16.8 Å². The van der Waals surface area contributed by atoms with Gasteiger partial charge in [-0.1, -0.05) is 29.8 Å². The lowest BCUT2D eigenvalue weighted by Crippen LogP contribution is -2.14. The third-order valence-corrected chi connectivity index (χ3v) is 4.11. The molecule has 150 valence electrons. The van der Waals surface area contributed by atoms with E-state index in [1.165, 1.54) is 4.52 Å². The Bertz CT molecular complexity index is 952. The average molecular weight is 394 g/mol. The highest BCUT2D eigenvalue weighted by atomic mass is 19.4. The molecule has 6 nitrogen and oxygen atoms in total. The molecule has 2 heterocycles. The number of aliphatic hydroxyl groups is 1.